The Balaban J connectivity index is 2.02. The van der Waals surface area contributed by atoms with Crippen LogP contribution in [0.15, 0.2) is 54.1 Å². The molecule has 1 unspecified atom stereocenters. The summed E-state index contributed by atoms with van der Waals surface area (Å²) in [6, 6.07) is 10.7. The van der Waals surface area contributed by atoms with Gasteiger partial charge in [-0.1, -0.05) is 82.4 Å². The van der Waals surface area contributed by atoms with E-state index in [4.69, 9.17) is 0 Å². The van der Waals surface area contributed by atoms with Crippen LogP contribution < -0.4 is 4.98 Å². The molecule has 0 aromatic heterocycles. The number of rotatable bonds is 4. The van der Waals surface area contributed by atoms with Crippen molar-refractivity contribution in [3.8, 4) is 0 Å². The van der Waals surface area contributed by atoms with Crippen LogP contribution in [0.1, 0.15) is 26.3 Å². The molecule has 1 atom stereocenters. The van der Waals surface area contributed by atoms with Crippen molar-refractivity contribution < 1.29 is 0 Å². The summed E-state index contributed by atoms with van der Waals surface area (Å²) in [5.41, 5.74) is 3.70. The van der Waals surface area contributed by atoms with Crippen molar-refractivity contribution >= 4 is 8.24 Å². The van der Waals surface area contributed by atoms with Crippen molar-refractivity contribution in [3.63, 3.8) is 0 Å². The molecule has 0 spiro atoms. The van der Waals surface area contributed by atoms with Crippen molar-refractivity contribution in [2.75, 3.05) is 0 Å². The summed E-state index contributed by atoms with van der Waals surface area (Å²) in [7, 11) is -1.49. The van der Waals surface area contributed by atoms with E-state index in [1.54, 1.807) is 0 Å². The Hall–Kier alpha value is -1.12. The van der Waals surface area contributed by atoms with E-state index in [2.05, 4.69) is 87.4 Å². The minimum absolute atomic E-state index is 0.259. The third-order valence-corrected chi connectivity index (χ3v) is 7.25. The van der Waals surface area contributed by atoms with Crippen molar-refractivity contribution in [3.05, 3.63) is 59.7 Å². The molecule has 0 bridgehead atoms. The molecule has 0 radical (unpaired) electrons. The Morgan fingerprint density at radius 1 is 1.10 bits per heavy atom. The minimum Gasteiger partial charge on any atom is -0.333 e. The average molecular weight is 286 g/mol. The Morgan fingerprint density at radius 2 is 1.75 bits per heavy atom. The Bertz CT molecular complexity index is 506. The first-order chi connectivity index (χ1) is 9.29. The van der Waals surface area contributed by atoms with Gasteiger partial charge >= 0.3 is 0 Å². The van der Waals surface area contributed by atoms with E-state index in [0.29, 0.717) is 5.54 Å². The van der Waals surface area contributed by atoms with Crippen LogP contribution in [0.5, 0.6) is 0 Å². The quantitative estimate of drug-likeness (QED) is 0.776. The first-order valence-electron chi connectivity index (χ1n) is 7.48. The molecular formula is C18H27NSi. The summed E-state index contributed by atoms with van der Waals surface area (Å²) >= 11 is 0. The maximum absolute atomic E-state index is 3.83. The zero-order chi connectivity index (χ0) is 14.8. The maximum atomic E-state index is 3.83. The van der Waals surface area contributed by atoms with Crippen molar-refractivity contribution in [2.45, 2.75) is 46.0 Å². The summed E-state index contributed by atoms with van der Waals surface area (Å²) < 4.78 is 0. The predicted octanol–water partition coefficient (Wildman–Crippen LogP) is 4.89. The molecule has 1 aromatic rings. The fourth-order valence-corrected chi connectivity index (χ4v) is 4.57. The molecule has 1 N–H and O–H groups in total. The second-order valence-electron chi connectivity index (χ2n) is 7.32. The molecule has 0 amide bonds. The van der Waals surface area contributed by atoms with Crippen molar-refractivity contribution in [2.24, 2.45) is 5.41 Å². The largest absolute Gasteiger partial charge is 0.333 e. The van der Waals surface area contributed by atoms with Gasteiger partial charge in [-0.3, -0.25) is 0 Å². The molecule has 2 heteroatoms. The molecule has 0 heterocycles. The smallest absolute Gasteiger partial charge is 0.130 e. The lowest BCUT2D eigenvalue weighted by molar-refractivity contribution is 0.517. The summed E-state index contributed by atoms with van der Waals surface area (Å²) in [5, 5.41) is 0. The predicted molar refractivity (Wildman–Crippen MR) is 91.2 cm³/mol. The highest BCUT2D eigenvalue weighted by atomic mass is 28.3. The highest BCUT2D eigenvalue weighted by Crippen LogP contribution is 2.37. The van der Waals surface area contributed by atoms with E-state index in [-0.39, 0.29) is 5.41 Å². The number of benzene rings is 1. The highest BCUT2D eigenvalue weighted by molar-refractivity contribution is 6.77. The van der Waals surface area contributed by atoms with Crippen LogP contribution in [0.4, 0.5) is 0 Å². The maximum Gasteiger partial charge on any atom is 0.130 e. The van der Waals surface area contributed by atoms with E-state index in [0.717, 1.165) is 6.54 Å². The van der Waals surface area contributed by atoms with Crippen molar-refractivity contribution in [1.29, 1.82) is 0 Å². The summed E-state index contributed by atoms with van der Waals surface area (Å²) in [5.74, 6) is 0. The van der Waals surface area contributed by atoms with E-state index in [1.165, 1.54) is 11.1 Å². The van der Waals surface area contributed by atoms with Crippen LogP contribution in [0, 0.1) is 5.41 Å². The fourth-order valence-electron chi connectivity index (χ4n) is 2.50. The number of hydrogen-bond acceptors (Lipinski definition) is 1. The van der Waals surface area contributed by atoms with Gasteiger partial charge in [0.15, 0.2) is 0 Å². The highest BCUT2D eigenvalue weighted by Gasteiger charge is 2.32. The number of hydrogen-bond donors (Lipinski definition) is 1. The Kier molecular flexibility index (Phi) is 4.36. The van der Waals surface area contributed by atoms with Crippen LogP contribution in [-0.4, -0.2) is 8.24 Å². The van der Waals surface area contributed by atoms with Gasteiger partial charge in [-0.25, -0.2) is 0 Å². The third-order valence-electron chi connectivity index (χ3n) is 4.13. The Labute approximate surface area is 124 Å². The topological polar surface area (TPSA) is 12.0 Å². The lowest BCUT2D eigenvalue weighted by atomic mass is 9.87. The third kappa shape index (κ3) is 3.71. The zero-order valence-electron chi connectivity index (χ0n) is 13.4. The molecule has 0 fully saturated rings. The molecule has 20 heavy (non-hydrogen) atoms. The van der Waals surface area contributed by atoms with Gasteiger partial charge in [0.25, 0.3) is 0 Å². The van der Waals surface area contributed by atoms with Crippen LogP contribution in [-0.2, 0) is 6.54 Å². The standard InChI is InChI=1S/C18H27NSi/c1-18(2,3)16-11-12-17(13-16)20(4,5)19-14-15-9-7-6-8-10-15/h6-13,17,19H,14H2,1-5H3. The lowest BCUT2D eigenvalue weighted by Crippen LogP contribution is -2.47. The molecule has 108 valence electrons. The minimum atomic E-state index is -1.49. The van der Waals surface area contributed by atoms with E-state index >= 15 is 0 Å². The molecule has 0 saturated carbocycles. The molecule has 0 aliphatic heterocycles. The van der Waals surface area contributed by atoms with Gasteiger partial charge in [0.2, 0.25) is 0 Å². The summed E-state index contributed by atoms with van der Waals surface area (Å²) in [6.45, 7) is 12.7. The number of allylic oxidation sites excluding steroid dienone is 4. The normalized spacial score (nSPS) is 19.2. The second-order valence-corrected chi connectivity index (χ2v) is 11.8. The molecule has 1 aromatic carbocycles. The second kappa shape index (κ2) is 5.70. The molecule has 1 aliphatic rings. The first-order valence-corrected chi connectivity index (χ1v) is 10.6. The van der Waals surface area contributed by atoms with Gasteiger partial charge in [-0.2, -0.15) is 0 Å². The molecule has 1 nitrogen and oxygen atoms in total. The van der Waals surface area contributed by atoms with Gasteiger partial charge in [-0.15, -0.1) is 0 Å². The van der Waals surface area contributed by atoms with Gasteiger partial charge in [0.1, 0.15) is 8.24 Å². The first kappa shape index (κ1) is 15.3. The summed E-state index contributed by atoms with van der Waals surface area (Å²) in [6.07, 6.45) is 7.19. The van der Waals surface area contributed by atoms with Gasteiger partial charge in [0, 0.05) is 12.1 Å². The number of nitrogens with one attached hydrogen (secondary N) is 1. The molecular weight excluding hydrogens is 258 g/mol. The monoisotopic (exact) mass is 285 g/mol. The molecule has 0 saturated heterocycles. The van der Waals surface area contributed by atoms with Gasteiger partial charge in [0.05, 0.1) is 0 Å². The van der Waals surface area contributed by atoms with E-state index < -0.39 is 8.24 Å². The lowest BCUT2D eigenvalue weighted by Gasteiger charge is -2.29. The average Bonchev–Trinajstić information content (AvgIpc) is 2.88. The summed E-state index contributed by atoms with van der Waals surface area (Å²) in [4.78, 5) is 3.83. The Morgan fingerprint density at radius 3 is 2.30 bits per heavy atom. The zero-order valence-corrected chi connectivity index (χ0v) is 14.4. The van der Waals surface area contributed by atoms with Crippen LogP contribution in [0.25, 0.3) is 0 Å². The van der Waals surface area contributed by atoms with Crippen LogP contribution in [0.3, 0.4) is 0 Å². The van der Waals surface area contributed by atoms with Gasteiger partial charge < -0.3 is 4.98 Å². The van der Waals surface area contributed by atoms with E-state index in [1.807, 2.05) is 0 Å². The fraction of sp³-hybridized carbons (Fsp3) is 0.444. The molecule has 2 rings (SSSR count). The van der Waals surface area contributed by atoms with Gasteiger partial charge in [-0.05, 0) is 16.6 Å². The van der Waals surface area contributed by atoms with Crippen molar-refractivity contribution in [1.82, 2.24) is 4.98 Å². The van der Waals surface area contributed by atoms with E-state index in [9.17, 15) is 0 Å². The SMILES string of the molecule is CC(C)(C)C1=CC([Si](C)(C)NCc2ccccc2)C=C1. The van der Waals surface area contributed by atoms with Crippen LogP contribution in [0.2, 0.25) is 18.6 Å². The van der Waals surface area contributed by atoms with Crippen LogP contribution >= 0.6 is 0 Å². The molecule has 1 aliphatic carbocycles.